The third-order valence-corrected chi connectivity index (χ3v) is 5.96. The minimum atomic E-state index is -0.132. The second-order valence-corrected chi connectivity index (χ2v) is 8.21. The predicted molar refractivity (Wildman–Crippen MR) is 140 cm³/mol. The fourth-order valence-corrected chi connectivity index (χ4v) is 4.22. The van der Waals surface area contributed by atoms with Gasteiger partial charge in [-0.25, -0.2) is 0 Å². The maximum absolute atomic E-state index is 12.8. The molecule has 9 heteroatoms. The Labute approximate surface area is 211 Å². The van der Waals surface area contributed by atoms with Crippen LogP contribution in [-0.2, 0) is 14.4 Å². The molecular formula is C26H29ClN4O4. The summed E-state index contributed by atoms with van der Waals surface area (Å²) in [4.78, 5) is 20.2. The van der Waals surface area contributed by atoms with Gasteiger partial charge in [0.15, 0.2) is 0 Å². The van der Waals surface area contributed by atoms with Crippen LogP contribution in [0.1, 0.15) is 23.6 Å². The standard InChI is InChI=1S/C26H28N4O4.ClH/c1-2-34-27-17-18-3-6-21-24(15-18)29-26(31)25(21)23-7-4-19-16-20(5-8-22(19)28-23)33-14-11-30-9-12-32-13-10-30;/h3-8,15-17,28H,2,9-14H2,1H3,(H,29,31);1H. The molecule has 3 aliphatic rings. The minimum absolute atomic E-state index is 0. The average Bonchev–Trinajstić information content (AvgIpc) is 3.19. The van der Waals surface area contributed by atoms with Crippen molar-refractivity contribution in [2.45, 2.75) is 6.92 Å². The van der Waals surface area contributed by atoms with Crippen molar-refractivity contribution in [2.24, 2.45) is 5.16 Å². The first-order valence-corrected chi connectivity index (χ1v) is 11.6. The quantitative estimate of drug-likeness (QED) is 0.342. The number of amides is 1. The smallest absolute Gasteiger partial charge is 0.258 e. The number of benzene rings is 2. The molecule has 3 aliphatic heterocycles. The van der Waals surface area contributed by atoms with Gasteiger partial charge in [0.25, 0.3) is 5.91 Å². The van der Waals surface area contributed by atoms with Gasteiger partial charge in [0.2, 0.25) is 0 Å². The van der Waals surface area contributed by atoms with E-state index in [0.717, 1.165) is 72.4 Å². The first kappa shape index (κ1) is 24.8. The second kappa shape index (κ2) is 11.4. The number of carbonyl (C=O) groups excluding carboxylic acids is 1. The lowest BCUT2D eigenvalue weighted by atomic mass is 10.00. The van der Waals surface area contributed by atoms with Crippen LogP contribution in [0, 0.1) is 0 Å². The van der Waals surface area contributed by atoms with Crippen LogP contribution in [0.2, 0.25) is 0 Å². The van der Waals surface area contributed by atoms with E-state index in [-0.39, 0.29) is 18.3 Å². The topological polar surface area (TPSA) is 84.4 Å². The number of oxime groups is 1. The molecule has 2 N–H and O–H groups in total. The monoisotopic (exact) mass is 496 g/mol. The Kier molecular flexibility index (Phi) is 8.07. The minimum Gasteiger partial charge on any atom is -0.492 e. The van der Waals surface area contributed by atoms with Gasteiger partial charge in [0, 0.05) is 42.1 Å². The molecule has 8 nitrogen and oxygen atoms in total. The number of ether oxygens (including phenoxy) is 2. The van der Waals surface area contributed by atoms with E-state index < -0.39 is 0 Å². The zero-order valence-corrected chi connectivity index (χ0v) is 20.4. The summed E-state index contributed by atoms with van der Waals surface area (Å²) in [7, 11) is 0. The number of nitrogens with zero attached hydrogens (tertiary/aromatic N) is 2. The third-order valence-electron chi connectivity index (χ3n) is 5.96. The van der Waals surface area contributed by atoms with Crippen molar-refractivity contribution >= 4 is 47.6 Å². The molecule has 0 aromatic heterocycles. The molecule has 0 radical (unpaired) electrons. The van der Waals surface area contributed by atoms with E-state index in [1.807, 2.05) is 55.5 Å². The normalized spacial score (nSPS) is 18.9. The molecule has 1 fully saturated rings. The number of carbonyl (C=O) groups is 1. The maximum Gasteiger partial charge on any atom is 0.258 e. The highest BCUT2D eigenvalue weighted by Crippen LogP contribution is 2.37. The summed E-state index contributed by atoms with van der Waals surface area (Å²) in [6, 6.07) is 11.7. The zero-order chi connectivity index (χ0) is 23.3. The number of allylic oxidation sites excluding steroid dienone is 1. The highest BCUT2D eigenvalue weighted by molar-refractivity contribution is 6.33. The Bertz CT molecular complexity index is 1170. The third kappa shape index (κ3) is 5.67. The Morgan fingerprint density at radius 3 is 2.77 bits per heavy atom. The summed E-state index contributed by atoms with van der Waals surface area (Å²) < 4.78 is 11.4. The fourth-order valence-electron chi connectivity index (χ4n) is 4.22. The first-order valence-electron chi connectivity index (χ1n) is 11.6. The van der Waals surface area contributed by atoms with Crippen molar-refractivity contribution < 1.29 is 19.1 Å². The molecular weight excluding hydrogens is 468 g/mol. The van der Waals surface area contributed by atoms with Crippen LogP contribution < -0.4 is 15.4 Å². The average molecular weight is 497 g/mol. The van der Waals surface area contributed by atoms with E-state index in [2.05, 4.69) is 20.7 Å². The van der Waals surface area contributed by atoms with Crippen LogP contribution in [0.15, 0.2) is 53.3 Å². The van der Waals surface area contributed by atoms with Gasteiger partial charge >= 0.3 is 0 Å². The van der Waals surface area contributed by atoms with Crippen molar-refractivity contribution in [3.8, 4) is 5.75 Å². The van der Waals surface area contributed by atoms with E-state index in [1.54, 1.807) is 6.21 Å². The Hall–Kier alpha value is -3.33. The van der Waals surface area contributed by atoms with Gasteiger partial charge in [0.05, 0.1) is 30.7 Å². The summed E-state index contributed by atoms with van der Waals surface area (Å²) in [6.07, 6.45) is 5.59. The molecule has 5 rings (SSSR count). The SMILES string of the molecule is CCON=Cc1ccc2c(c1)NC(=O)C2=C1C=Cc2cc(OCCN3CCOCC3)ccc2N1.Cl. The Morgan fingerprint density at radius 1 is 1.09 bits per heavy atom. The number of hydrogen-bond acceptors (Lipinski definition) is 7. The highest BCUT2D eigenvalue weighted by Gasteiger charge is 2.28. The summed E-state index contributed by atoms with van der Waals surface area (Å²) in [6.45, 7) is 7.40. The number of morpholine rings is 1. The molecule has 35 heavy (non-hydrogen) atoms. The van der Waals surface area contributed by atoms with E-state index >= 15 is 0 Å². The molecule has 0 unspecified atom stereocenters. The molecule has 3 heterocycles. The van der Waals surface area contributed by atoms with Crippen molar-refractivity contribution in [1.82, 2.24) is 4.90 Å². The number of halogens is 1. The largest absolute Gasteiger partial charge is 0.492 e. The summed E-state index contributed by atoms with van der Waals surface area (Å²) in [5.41, 5.74) is 5.82. The Morgan fingerprint density at radius 2 is 1.94 bits per heavy atom. The van der Waals surface area contributed by atoms with Crippen molar-refractivity contribution in [3.05, 3.63) is 64.9 Å². The molecule has 0 bridgehead atoms. The van der Waals surface area contributed by atoms with Crippen LogP contribution >= 0.6 is 12.4 Å². The fraction of sp³-hybridized carbons (Fsp3) is 0.308. The van der Waals surface area contributed by atoms with Crippen LogP contribution in [-0.4, -0.2) is 63.1 Å². The number of nitrogens with one attached hydrogen (secondary N) is 2. The van der Waals surface area contributed by atoms with Gasteiger partial charge in [-0.3, -0.25) is 9.69 Å². The molecule has 2 aromatic rings. The molecule has 184 valence electrons. The van der Waals surface area contributed by atoms with Crippen molar-refractivity contribution in [3.63, 3.8) is 0 Å². The van der Waals surface area contributed by atoms with Gasteiger partial charge < -0.3 is 24.9 Å². The van der Waals surface area contributed by atoms with Gasteiger partial charge in [-0.15, -0.1) is 12.4 Å². The van der Waals surface area contributed by atoms with E-state index in [4.69, 9.17) is 14.3 Å². The lowest BCUT2D eigenvalue weighted by Crippen LogP contribution is -2.38. The number of fused-ring (bicyclic) bond motifs is 2. The zero-order valence-electron chi connectivity index (χ0n) is 19.6. The van der Waals surface area contributed by atoms with E-state index in [9.17, 15) is 4.79 Å². The Balaban J connectivity index is 0.00000289. The number of hydrogen-bond donors (Lipinski definition) is 2. The van der Waals surface area contributed by atoms with E-state index in [1.165, 1.54) is 0 Å². The predicted octanol–water partition coefficient (Wildman–Crippen LogP) is 3.99. The molecule has 2 aromatic carbocycles. The van der Waals surface area contributed by atoms with Gasteiger partial charge in [-0.1, -0.05) is 23.4 Å². The molecule has 0 saturated carbocycles. The lowest BCUT2D eigenvalue weighted by molar-refractivity contribution is -0.110. The maximum atomic E-state index is 12.8. The lowest BCUT2D eigenvalue weighted by Gasteiger charge is -2.26. The van der Waals surface area contributed by atoms with Crippen LogP contribution in [0.4, 0.5) is 11.4 Å². The highest BCUT2D eigenvalue weighted by atomic mass is 35.5. The number of anilines is 2. The molecule has 0 spiro atoms. The number of rotatable bonds is 7. The van der Waals surface area contributed by atoms with Crippen LogP contribution in [0.3, 0.4) is 0 Å². The summed E-state index contributed by atoms with van der Waals surface area (Å²) >= 11 is 0. The van der Waals surface area contributed by atoms with E-state index in [0.29, 0.717) is 18.8 Å². The van der Waals surface area contributed by atoms with Crippen molar-refractivity contribution in [1.29, 1.82) is 0 Å². The molecule has 0 atom stereocenters. The van der Waals surface area contributed by atoms with Crippen LogP contribution in [0.25, 0.3) is 11.6 Å². The van der Waals surface area contributed by atoms with Crippen LogP contribution in [0.5, 0.6) is 5.75 Å². The summed E-state index contributed by atoms with van der Waals surface area (Å²) in [5.74, 6) is 0.701. The molecule has 1 amide bonds. The van der Waals surface area contributed by atoms with Gasteiger partial charge in [-0.2, -0.15) is 0 Å². The molecule has 1 saturated heterocycles. The summed E-state index contributed by atoms with van der Waals surface area (Å²) in [5, 5.41) is 10.3. The van der Waals surface area contributed by atoms with Gasteiger partial charge in [0.1, 0.15) is 19.0 Å². The molecule has 0 aliphatic carbocycles. The van der Waals surface area contributed by atoms with Crippen molar-refractivity contribution in [2.75, 3.05) is 56.7 Å². The van der Waals surface area contributed by atoms with Gasteiger partial charge in [-0.05, 0) is 42.8 Å². The first-order chi connectivity index (χ1) is 16.7. The second-order valence-electron chi connectivity index (χ2n) is 8.21.